The molecule has 1 atom stereocenters. The lowest BCUT2D eigenvalue weighted by molar-refractivity contribution is -0.151. The van der Waals surface area contributed by atoms with E-state index in [1.54, 1.807) is 6.92 Å². The molecule has 2 nitrogen and oxygen atoms in total. The third kappa shape index (κ3) is 6.21. The second-order valence-corrected chi connectivity index (χ2v) is 3.45. The van der Waals surface area contributed by atoms with Gasteiger partial charge in [0.15, 0.2) is 0 Å². The molecule has 0 bridgehead atoms. The molecule has 0 aliphatic rings. The first-order valence-corrected chi connectivity index (χ1v) is 4.82. The molecule has 14 heavy (non-hydrogen) atoms. The van der Waals surface area contributed by atoms with Crippen molar-refractivity contribution < 1.29 is 18.3 Å². The standard InChI is InChI=1S/C9H18F3NO/c1-3-4-8(2)13(5-6-14)7-9(10,11)12/h8,14H,3-7H2,1-2H3. The predicted octanol–water partition coefficient (Wildman–Crippen LogP) is 2.03. The molecule has 0 amide bonds. The topological polar surface area (TPSA) is 23.5 Å². The van der Waals surface area contributed by atoms with E-state index in [2.05, 4.69) is 0 Å². The average molecular weight is 213 g/mol. The molecule has 1 N–H and O–H groups in total. The van der Waals surface area contributed by atoms with E-state index in [0.29, 0.717) is 0 Å². The van der Waals surface area contributed by atoms with Crippen LogP contribution in [-0.4, -0.2) is 41.9 Å². The summed E-state index contributed by atoms with van der Waals surface area (Å²) in [4.78, 5) is 1.27. The van der Waals surface area contributed by atoms with Crippen LogP contribution in [0.2, 0.25) is 0 Å². The maximum atomic E-state index is 12.1. The highest BCUT2D eigenvalue weighted by molar-refractivity contribution is 4.70. The Hall–Kier alpha value is -0.290. The fraction of sp³-hybridized carbons (Fsp3) is 1.00. The summed E-state index contributed by atoms with van der Waals surface area (Å²) in [5.41, 5.74) is 0. The van der Waals surface area contributed by atoms with Gasteiger partial charge in [0, 0.05) is 12.6 Å². The summed E-state index contributed by atoms with van der Waals surface area (Å²) in [5.74, 6) is 0. The van der Waals surface area contributed by atoms with Crippen LogP contribution in [0.5, 0.6) is 0 Å². The molecule has 0 heterocycles. The SMILES string of the molecule is CCCC(C)N(CCO)CC(F)(F)F. The Bertz CT molecular complexity index is 149. The fourth-order valence-corrected chi connectivity index (χ4v) is 1.41. The smallest absolute Gasteiger partial charge is 0.395 e. The summed E-state index contributed by atoms with van der Waals surface area (Å²) in [6.45, 7) is 2.60. The van der Waals surface area contributed by atoms with Crippen LogP contribution in [0.15, 0.2) is 0 Å². The number of nitrogens with zero attached hydrogens (tertiary/aromatic N) is 1. The summed E-state index contributed by atoms with van der Waals surface area (Å²) in [5, 5.41) is 8.64. The number of alkyl halides is 3. The van der Waals surface area contributed by atoms with E-state index in [1.807, 2.05) is 6.92 Å². The minimum atomic E-state index is -4.18. The molecule has 0 fully saturated rings. The Morgan fingerprint density at radius 3 is 2.29 bits per heavy atom. The molecule has 0 aromatic rings. The number of hydrogen-bond acceptors (Lipinski definition) is 2. The molecule has 0 aliphatic heterocycles. The lowest BCUT2D eigenvalue weighted by Gasteiger charge is -2.28. The number of halogens is 3. The molecular formula is C9H18F3NO. The van der Waals surface area contributed by atoms with Crippen molar-refractivity contribution in [1.29, 1.82) is 0 Å². The molecule has 0 aromatic heterocycles. The van der Waals surface area contributed by atoms with Gasteiger partial charge >= 0.3 is 6.18 Å². The van der Waals surface area contributed by atoms with E-state index in [0.717, 1.165) is 12.8 Å². The number of aliphatic hydroxyl groups excluding tert-OH is 1. The molecule has 0 aromatic carbocycles. The van der Waals surface area contributed by atoms with Gasteiger partial charge in [0.05, 0.1) is 13.2 Å². The van der Waals surface area contributed by atoms with E-state index in [1.165, 1.54) is 4.90 Å². The molecule has 86 valence electrons. The van der Waals surface area contributed by atoms with E-state index in [4.69, 9.17) is 5.11 Å². The van der Waals surface area contributed by atoms with E-state index in [-0.39, 0.29) is 19.2 Å². The fourth-order valence-electron chi connectivity index (χ4n) is 1.41. The Morgan fingerprint density at radius 1 is 1.36 bits per heavy atom. The highest BCUT2D eigenvalue weighted by Gasteiger charge is 2.32. The van der Waals surface area contributed by atoms with Gasteiger partial charge in [0.1, 0.15) is 0 Å². The van der Waals surface area contributed by atoms with Crippen molar-refractivity contribution in [3.63, 3.8) is 0 Å². The van der Waals surface area contributed by atoms with Crippen molar-refractivity contribution in [3.05, 3.63) is 0 Å². The zero-order valence-electron chi connectivity index (χ0n) is 8.64. The second-order valence-electron chi connectivity index (χ2n) is 3.45. The lowest BCUT2D eigenvalue weighted by Crippen LogP contribution is -2.41. The van der Waals surface area contributed by atoms with Gasteiger partial charge in [-0.15, -0.1) is 0 Å². The van der Waals surface area contributed by atoms with Gasteiger partial charge < -0.3 is 5.11 Å². The molecule has 0 radical (unpaired) electrons. The average Bonchev–Trinajstić information content (AvgIpc) is 2.01. The Balaban J connectivity index is 4.13. The van der Waals surface area contributed by atoms with Gasteiger partial charge in [-0.25, -0.2) is 0 Å². The van der Waals surface area contributed by atoms with E-state index < -0.39 is 12.7 Å². The van der Waals surface area contributed by atoms with Gasteiger partial charge in [-0.05, 0) is 13.3 Å². The third-order valence-electron chi connectivity index (χ3n) is 2.10. The minimum absolute atomic E-state index is 0.0840. The normalized spacial score (nSPS) is 14.8. The first-order chi connectivity index (χ1) is 6.40. The Morgan fingerprint density at radius 2 is 1.93 bits per heavy atom. The van der Waals surface area contributed by atoms with E-state index in [9.17, 15) is 13.2 Å². The molecule has 1 unspecified atom stereocenters. The van der Waals surface area contributed by atoms with Crippen LogP contribution < -0.4 is 0 Å². The van der Waals surface area contributed by atoms with Gasteiger partial charge in [-0.1, -0.05) is 13.3 Å². The first-order valence-electron chi connectivity index (χ1n) is 4.82. The van der Waals surface area contributed by atoms with Crippen LogP contribution >= 0.6 is 0 Å². The van der Waals surface area contributed by atoms with Crippen molar-refractivity contribution in [2.24, 2.45) is 0 Å². The van der Waals surface area contributed by atoms with Crippen molar-refractivity contribution in [3.8, 4) is 0 Å². The van der Waals surface area contributed by atoms with Crippen molar-refractivity contribution in [1.82, 2.24) is 4.90 Å². The molecule has 0 saturated heterocycles. The number of aliphatic hydroxyl groups is 1. The molecule has 0 spiro atoms. The van der Waals surface area contributed by atoms with Crippen LogP contribution in [0.25, 0.3) is 0 Å². The summed E-state index contributed by atoms with van der Waals surface area (Å²) in [6, 6.07) is -0.131. The largest absolute Gasteiger partial charge is 0.401 e. The third-order valence-corrected chi connectivity index (χ3v) is 2.10. The molecule has 0 aliphatic carbocycles. The quantitative estimate of drug-likeness (QED) is 0.729. The molecule has 0 saturated carbocycles. The van der Waals surface area contributed by atoms with Gasteiger partial charge in [0.2, 0.25) is 0 Å². The first kappa shape index (κ1) is 13.7. The summed E-state index contributed by atoms with van der Waals surface area (Å²) < 4.78 is 36.3. The monoisotopic (exact) mass is 213 g/mol. The highest BCUT2D eigenvalue weighted by atomic mass is 19.4. The maximum Gasteiger partial charge on any atom is 0.401 e. The zero-order chi connectivity index (χ0) is 11.2. The Labute approximate surface area is 82.7 Å². The minimum Gasteiger partial charge on any atom is -0.395 e. The van der Waals surface area contributed by atoms with Crippen LogP contribution in [0.4, 0.5) is 13.2 Å². The zero-order valence-corrected chi connectivity index (χ0v) is 8.64. The van der Waals surface area contributed by atoms with Gasteiger partial charge in [-0.3, -0.25) is 4.90 Å². The van der Waals surface area contributed by atoms with Crippen LogP contribution in [0.1, 0.15) is 26.7 Å². The van der Waals surface area contributed by atoms with E-state index >= 15 is 0 Å². The van der Waals surface area contributed by atoms with Crippen molar-refractivity contribution in [2.75, 3.05) is 19.7 Å². The van der Waals surface area contributed by atoms with Crippen LogP contribution in [0.3, 0.4) is 0 Å². The Kier molecular flexibility index (Phi) is 6.11. The van der Waals surface area contributed by atoms with Crippen LogP contribution in [-0.2, 0) is 0 Å². The second kappa shape index (κ2) is 6.24. The molecule has 5 heteroatoms. The molecular weight excluding hydrogens is 195 g/mol. The highest BCUT2D eigenvalue weighted by Crippen LogP contribution is 2.19. The number of hydrogen-bond donors (Lipinski definition) is 1. The number of rotatable bonds is 6. The predicted molar refractivity (Wildman–Crippen MR) is 49.1 cm³/mol. The van der Waals surface area contributed by atoms with Gasteiger partial charge in [-0.2, -0.15) is 13.2 Å². The molecule has 0 rings (SSSR count). The van der Waals surface area contributed by atoms with Crippen molar-refractivity contribution in [2.45, 2.75) is 38.9 Å². The van der Waals surface area contributed by atoms with Crippen LogP contribution in [0, 0.1) is 0 Å². The summed E-state index contributed by atoms with van der Waals surface area (Å²) >= 11 is 0. The summed E-state index contributed by atoms with van der Waals surface area (Å²) in [7, 11) is 0. The van der Waals surface area contributed by atoms with Crippen molar-refractivity contribution >= 4 is 0 Å². The maximum absolute atomic E-state index is 12.1. The van der Waals surface area contributed by atoms with Gasteiger partial charge in [0.25, 0.3) is 0 Å². The summed E-state index contributed by atoms with van der Waals surface area (Å²) in [6.07, 6.45) is -2.62. The lowest BCUT2D eigenvalue weighted by atomic mass is 10.1.